The van der Waals surface area contributed by atoms with Gasteiger partial charge >= 0.3 is 0 Å². The lowest BCUT2D eigenvalue weighted by molar-refractivity contribution is 0.108. The van der Waals surface area contributed by atoms with Crippen LogP contribution in [0.2, 0.25) is 0 Å². The molecule has 4 heteroatoms. The van der Waals surface area contributed by atoms with E-state index in [4.69, 9.17) is 10.9 Å². The van der Waals surface area contributed by atoms with Crippen molar-refractivity contribution in [3.05, 3.63) is 0 Å². The summed E-state index contributed by atoms with van der Waals surface area (Å²) in [7, 11) is 0. The number of hydrogen-bond acceptors (Lipinski definition) is 3. The molecule has 0 spiro atoms. The van der Waals surface area contributed by atoms with Gasteiger partial charge in [-0.2, -0.15) is 0 Å². The second-order valence-electron chi connectivity index (χ2n) is 5.42. The van der Waals surface area contributed by atoms with Crippen LogP contribution in [0.25, 0.3) is 0 Å². The van der Waals surface area contributed by atoms with Crippen LogP contribution in [-0.4, -0.2) is 34.6 Å². The number of oxime groups is 1. The molecule has 108 valence electrons. The normalized spacial score (nSPS) is 14.8. The first-order chi connectivity index (χ1) is 8.49. The maximum atomic E-state index is 8.74. The highest BCUT2D eigenvalue weighted by molar-refractivity contribution is 5.80. The van der Waals surface area contributed by atoms with E-state index < -0.39 is 0 Å². The summed E-state index contributed by atoms with van der Waals surface area (Å²) in [6, 6.07) is 0.956. The van der Waals surface area contributed by atoms with Gasteiger partial charge in [-0.1, -0.05) is 39.8 Å². The summed E-state index contributed by atoms with van der Waals surface area (Å²) in [5, 5.41) is 11.9. The number of nitrogens with two attached hydrogens (primary N) is 1. The highest BCUT2D eigenvalue weighted by Gasteiger charge is 2.24. The quantitative estimate of drug-likeness (QED) is 0.289. The van der Waals surface area contributed by atoms with Crippen LogP contribution in [0.4, 0.5) is 0 Å². The molecule has 0 saturated carbocycles. The molecule has 0 aliphatic heterocycles. The zero-order valence-corrected chi connectivity index (χ0v) is 12.7. The lowest BCUT2D eigenvalue weighted by Gasteiger charge is -2.38. The Hall–Kier alpha value is -0.770. The van der Waals surface area contributed by atoms with Crippen LogP contribution in [0.1, 0.15) is 60.3 Å². The van der Waals surface area contributed by atoms with Crippen molar-refractivity contribution in [2.24, 2.45) is 16.8 Å². The summed E-state index contributed by atoms with van der Waals surface area (Å²) in [6.45, 7) is 12.2. The van der Waals surface area contributed by atoms with E-state index in [-0.39, 0.29) is 0 Å². The molecule has 0 heterocycles. The van der Waals surface area contributed by atoms with Crippen molar-refractivity contribution in [1.82, 2.24) is 4.90 Å². The lowest BCUT2D eigenvalue weighted by atomic mass is 10.0. The van der Waals surface area contributed by atoms with E-state index in [0.29, 0.717) is 30.3 Å². The average Bonchev–Trinajstić information content (AvgIpc) is 2.35. The fraction of sp³-hybridized carbons (Fsp3) is 0.929. The minimum atomic E-state index is 0.335. The molecular formula is C14H31N3O. The van der Waals surface area contributed by atoms with Gasteiger partial charge in [0.2, 0.25) is 0 Å². The van der Waals surface area contributed by atoms with Crippen molar-refractivity contribution in [1.29, 1.82) is 0 Å². The summed E-state index contributed by atoms with van der Waals surface area (Å²) in [6.07, 6.45) is 3.97. The van der Waals surface area contributed by atoms with Crippen LogP contribution < -0.4 is 5.73 Å². The van der Waals surface area contributed by atoms with Crippen LogP contribution in [0.3, 0.4) is 0 Å². The standard InChI is InChI=1S/C14H31N3O/c1-6-12(7-2)17(10-11(4)5)13(8-3)9-14(15)16-18/h11-13,18H,6-10H2,1-5H3,(H2,15,16). The topological polar surface area (TPSA) is 61.8 Å². The molecule has 0 aromatic carbocycles. The van der Waals surface area contributed by atoms with Crippen LogP contribution in [0.15, 0.2) is 5.16 Å². The van der Waals surface area contributed by atoms with Crippen LogP contribution >= 0.6 is 0 Å². The Kier molecular flexibility index (Phi) is 8.81. The molecule has 0 aliphatic carbocycles. The van der Waals surface area contributed by atoms with Gasteiger partial charge in [0.15, 0.2) is 0 Å². The molecule has 0 rings (SSSR count). The Balaban J connectivity index is 4.87. The van der Waals surface area contributed by atoms with Crippen LogP contribution in [0, 0.1) is 5.92 Å². The lowest BCUT2D eigenvalue weighted by Crippen LogP contribution is -2.46. The van der Waals surface area contributed by atoms with E-state index in [9.17, 15) is 0 Å². The van der Waals surface area contributed by atoms with Crippen molar-refractivity contribution in [3.8, 4) is 0 Å². The molecule has 18 heavy (non-hydrogen) atoms. The fourth-order valence-corrected chi connectivity index (χ4v) is 2.55. The summed E-state index contributed by atoms with van der Waals surface area (Å²) in [5.41, 5.74) is 5.67. The predicted molar refractivity (Wildman–Crippen MR) is 78.0 cm³/mol. The summed E-state index contributed by atoms with van der Waals surface area (Å²) >= 11 is 0. The Morgan fingerprint density at radius 1 is 1.11 bits per heavy atom. The second-order valence-corrected chi connectivity index (χ2v) is 5.42. The van der Waals surface area contributed by atoms with Gasteiger partial charge in [0, 0.05) is 25.0 Å². The van der Waals surface area contributed by atoms with E-state index >= 15 is 0 Å². The van der Waals surface area contributed by atoms with E-state index in [1.54, 1.807) is 0 Å². The highest BCUT2D eigenvalue weighted by atomic mass is 16.4. The van der Waals surface area contributed by atoms with Crippen molar-refractivity contribution >= 4 is 5.84 Å². The Labute approximate surface area is 112 Å². The van der Waals surface area contributed by atoms with Gasteiger partial charge in [-0.15, -0.1) is 0 Å². The third-order valence-electron chi connectivity index (χ3n) is 3.50. The molecule has 0 fully saturated rings. The molecule has 3 N–H and O–H groups in total. The second kappa shape index (κ2) is 9.20. The predicted octanol–water partition coefficient (Wildman–Crippen LogP) is 3.05. The zero-order valence-electron chi connectivity index (χ0n) is 12.7. The Morgan fingerprint density at radius 2 is 1.61 bits per heavy atom. The third kappa shape index (κ3) is 5.71. The van der Waals surface area contributed by atoms with Crippen molar-refractivity contribution in [3.63, 3.8) is 0 Å². The molecule has 0 saturated heterocycles. The molecule has 0 amide bonds. The minimum absolute atomic E-state index is 0.335. The van der Waals surface area contributed by atoms with Gasteiger partial charge in [0.1, 0.15) is 5.84 Å². The van der Waals surface area contributed by atoms with Crippen LogP contribution in [-0.2, 0) is 0 Å². The Bertz CT molecular complexity index is 237. The van der Waals surface area contributed by atoms with Gasteiger partial charge in [-0.25, -0.2) is 0 Å². The number of nitrogens with zero attached hydrogens (tertiary/aromatic N) is 2. The van der Waals surface area contributed by atoms with Gasteiger partial charge in [-0.05, 0) is 25.2 Å². The molecule has 1 unspecified atom stereocenters. The van der Waals surface area contributed by atoms with E-state index in [0.717, 1.165) is 25.8 Å². The van der Waals surface area contributed by atoms with Gasteiger partial charge < -0.3 is 10.9 Å². The SMILES string of the molecule is CCC(CC)N(CC(C)C)C(CC)CC(N)=NO. The molecular weight excluding hydrogens is 226 g/mol. The summed E-state index contributed by atoms with van der Waals surface area (Å²) in [5.74, 6) is 0.966. The van der Waals surface area contributed by atoms with Gasteiger partial charge in [0.25, 0.3) is 0 Å². The van der Waals surface area contributed by atoms with Gasteiger partial charge in [-0.3, -0.25) is 4.90 Å². The molecule has 0 bridgehead atoms. The molecule has 0 radical (unpaired) electrons. The summed E-state index contributed by atoms with van der Waals surface area (Å²) in [4.78, 5) is 2.54. The van der Waals surface area contributed by atoms with E-state index in [2.05, 4.69) is 44.7 Å². The minimum Gasteiger partial charge on any atom is -0.409 e. The first kappa shape index (κ1) is 17.2. The maximum absolute atomic E-state index is 8.74. The number of amidine groups is 1. The number of hydrogen-bond donors (Lipinski definition) is 2. The van der Waals surface area contributed by atoms with Crippen molar-refractivity contribution in [2.45, 2.75) is 72.4 Å². The highest BCUT2D eigenvalue weighted by Crippen LogP contribution is 2.19. The molecule has 0 aromatic heterocycles. The first-order valence-electron chi connectivity index (χ1n) is 7.22. The monoisotopic (exact) mass is 257 g/mol. The maximum Gasteiger partial charge on any atom is 0.140 e. The molecule has 0 aliphatic rings. The first-order valence-corrected chi connectivity index (χ1v) is 7.22. The largest absolute Gasteiger partial charge is 0.409 e. The molecule has 1 atom stereocenters. The smallest absolute Gasteiger partial charge is 0.140 e. The van der Waals surface area contributed by atoms with E-state index in [1.807, 2.05) is 0 Å². The van der Waals surface area contributed by atoms with E-state index in [1.165, 1.54) is 0 Å². The average molecular weight is 257 g/mol. The molecule has 4 nitrogen and oxygen atoms in total. The molecule has 0 aromatic rings. The van der Waals surface area contributed by atoms with Crippen molar-refractivity contribution in [2.75, 3.05) is 6.54 Å². The number of rotatable bonds is 9. The van der Waals surface area contributed by atoms with Gasteiger partial charge in [0.05, 0.1) is 0 Å². The van der Waals surface area contributed by atoms with Crippen molar-refractivity contribution < 1.29 is 5.21 Å². The third-order valence-corrected chi connectivity index (χ3v) is 3.50. The zero-order chi connectivity index (χ0) is 14.1. The van der Waals surface area contributed by atoms with Crippen LogP contribution in [0.5, 0.6) is 0 Å². The Morgan fingerprint density at radius 3 is 1.94 bits per heavy atom. The fourth-order valence-electron chi connectivity index (χ4n) is 2.55. The summed E-state index contributed by atoms with van der Waals surface area (Å²) < 4.78 is 0.